The first kappa shape index (κ1) is 22.2. The molecule has 3 aromatic heterocycles. The molecule has 2 N–H and O–H groups in total. The third-order valence-corrected chi connectivity index (χ3v) is 8.03. The Labute approximate surface area is 196 Å². The fourth-order valence-corrected chi connectivity index (χ4v) is 5.82. The molecule has 10 nitrogen and oxygen atoms in total. The van der Waals surface area contributed by atoms with Crippen LogP contribution in [0.5, 0.6) is 0 Å². The zero-order valence-corrected chi connectivity index (χ0v) is 19.1. The third kappa shape index (κ3) is 4.07. The Morgan fingerprint density at radius 2 is 2.06 bits per heavy atom. The van der Waals surface area contributed by atoms with Crippen molar-refractivity contribution in [3.05, 3.63) is 60.8 Å². The monoisotopic (exact) mass is 477 g/mol. The van der Waals surface area contributed by atoms with Gasteiger partial charge < -0.3 is 10.1 Å². The predicted molar refractivity (Wildman–Crippen MR) is 124 cm³/mol. The van der Waals surface area contributed by atoms with E-state index in [-0.39, 0.29) is 24.4 Å². The number of nitrogens with one attached hydrogen (secondary N) is 1. The zero-order valence-electron chi connectivity index (χ0n) is 18.2. The molecule has 1 aromatic carbocycles. The number of sulfonamides is 1. The zero-order chi connectivity index (χ0) is 23.7. The van der Waals surface area contributed by atoms with Crippen LogP contribution in [0.25, 0.3) is 22.3 Å². The van der Waals surface area contributed by atoms with Crippen LogP contribution in [0.1, 0.15) is 30.9 Å². The van der Waals surface area contributed by atoms with Crippen molar-refractivity contribution in [2.75, 3.05) is 13.1 Å². The number of rotatable bonds is 6. The number of hydrogen-bond acceptors (Lipinski definition) is 7. The van der Waals surface area contributed by atoms with Crippen LogP contribution in [-0.2, 0) is 10.0 Å². The third-order valence-electron chi connectivity index (χ3n) is 6.14. The number of hydrogen-bond donors (Lipinski definition) is 2. The molecular formula is C23H23N7O3S. The lowest BCUT2D eigenvalue weighted by atomic mass is 10.0. The van der Waals surface area contributed by atoms with E-state index in [0.29, 0.717) is 18.4 Å². The summed E-state index contributed by atoms with van der Waals surface area (Å²) < 4.78 is 29.5. The molecule has 4 aromatic rings. The van der Waals surface area contributed by atoms with E-state index in [2.05, 4.69) is 26.1 Å². The second-order valence-electron chi connectivity index (χ2n) is 8.26. The van der Waals surface area contributed by atoms with Crippen LogP contribution in [0, 0.1) is 11.3 Å². The van der Waals surface area contributed by atoms with Crippen LogP contribution in [0.2, 0.25) is 0 Å². The van der Waals surface area contributed by atoms with E-state index >= 15 is 0 Å². The first-order valence-electron chi connectivity index (χ1n) is 10.9. The second kappa shape index (κ2) is 8.98. The summed E-state index contributed by atoms with van der Waals surface area (Å²) in [6, 6.07) is 10.3. The maximum atomic E-state index is 13.2. The molecule has 11 heteroatoms. The van der Waals surface area contributed by atoms with Gasteiger partial charge in [0, 0.05) is 36.4 Å². The SMILES string of the molecule is N#CCC(c1cccc(S(=O)(=O)N2CCC(O)CC2)c1)n1cc(-c2ncnc3[nH]ccc23)cn1. The van der Waals surface area contributed by atoms with Crippen molar-refractivity contribution >= 4 is 21.1 Å². The molecule has 1 aliphatic rings. The van der Waals surface area contributed by atoms with Gasteiger partial charge in [-0.15, -0.1) is 0 Å². The largest absolute Gasteiger partial charge is 0.393 e. The molecule has 4 heterocycles. The molecule has 0 bridgehead atoms. The van der Waals surface area contributed by atoms with Gasteiger partial charge in [-0.05, 0) is 36.6 Å². The lowest BCUT2D eigenvalue weighted by Gasteiger charge is -2.29. The molecular weight excluding hydrogens is 454 g/mol. The molecule has 1 unspecified atom stereocenters. The van der Waals surface area contributed by atoms with Crippen molar-refractivity contribution in [2.24, 2.45) is 0 Å². The Kier molecular flexibility index (Phi) is 5.87. The average molecular weight is 478 g/mol. The molecule has 0 amide bonds. The van der Waals surface area contributed by atoms with Crippen LogP contribution in [0.3, 0.4) is 0 Å². The quantitative estimate of drug-likeness (QED) is 0.434. The van der Waals surface area contributed by atoms with Crippen LogP contribution < -0.4 is 0 Å². The molecule has 1 atom stereocenters. The average Bonchev–Trinajstić information content (AvgIpc) is 3.53. The maximum absolute atomic E-state index is 13.2. The van der Waals surface area contributed by atoms with Crippen molar-refractivity contribution in [3.8, 4) is 17.3 Å². The Morgan fingerprint density at radius 3 is 2.85 bits per heavy atom. The number of benzene rings is 1. The van der Waals surface area contributed by atoms with Gasteiger partial charge in [0.1, 0.15) is 12.0 Å². The number of aliphatic hydroxyl groups is 1. The molecule has 1 aliphatic heterocycles. The summed E-state index contributed by atoms with van der Waals surface area (Å²) in [5.74, 6) is 0. The summed E-state index contributed by atoms with van der Waals surface area (Å²) in [4.78, 5) is 11.8. The van der Waals surface area contributed by atoms with E-state index in [1.54, 1.807) is 41.3 Å². The number of nitriles is 1. The molecule has 5 rings (SSSR count). The highest BCUT2D eigenvalue weighted by molar-refractivity contribution is 7.89. The number of fused-ring (bicyclic) bond motifs is 1. The van der Waals surface area contributed by atoms with Gasteiger partial charge in [0.25, 0.3) is 0 Å². The Balaban J connectivity index is 1.48. The minimum atomic E-state index is -3.71. The van der Waals surface area contributed by atoms with Crippen LogP contribution >= 0.6 is 0 Å². The number of aromatic amines is 1. The van der Waals surface area contributed by atoms with Gasteiger partial charge in [-0.1, -0.05) is 12.1 Å². The molecule has 0 spiro atoms. The smallest absolute Gasteiger partial charge is 0.243 e. The highest BCUT2D eigenvalue weighted by Gasteiger charge is 2.29. The number of H-pyrrole nitrogens is 1. The fraction of sp³-hybridized carbons (Fsp3) is 0.304. The summed E-state index contributed by atoms with van der Waals surface area (Å²) in [5.41, 5.74) is 2.88. The highest BCUT2D eigenvalue weighted by atomic mass is 32.2. The van der Waals surface area contributed by atoms with Crippen molar-refractivity contribution in [3.63, 3.8) is 0 Å². The molecule has 34 heavy (non-hydrogen) atoms. The normalized spacial score (nSPS) is 16.5. The number of piperidine rings is 1. The van der Waals surface area contributed by atoms with Crippen LogP contribution in [0.15, 0.2) is 60.1 Å². The van der Waals surface area contributed by atoms with Gasteiger partial charge in [0.05, 0.1) is 41.4 Å². The number of aromatic nitrogens is 5. The van der Waals surface area contributed by atoms with Gasteiger partial charge >= 0.3 is 0 Å². The number of aliphatic hydroxyl groups excluding tert-OH is 1. The van der Waals surface area contributed by atoms with E-state index in [4.69, 9.17) is 0 Å². The van der Waals surface area contributed by atoms with Gasteiger partial charge in [-0.25, -0.2) is 18.4 Å². The topological polar surface area (TPSA) is 141 Å². The lowest BCUT2D eigenvalue weighted by molar-refractivity contribution is 0.113. The Morgan fingerprint density at radius 1 is 1.24 bits per heavy atom. The summed E-state index contributed by atoms with van der Waals surface area (Å²) in [5, 5.41) is 24.5. The first-order chi connectivity index (χ1) is 16.5. The van der Waals surface area contributed by atoms with Crippen molar-refractivity contribution in [1.29, 1.82) is 5.26 Å². The van der Waals surface area contributed by atoms with E-state index < -0.39 is 22.2 Å². The fourth-order valence-electron chi connectivity index (χ4n) is 4.30. The minimum absolute atomic E-state index is 0.115. The maximum Gasteiger partial charge on any atom is 0.243 e. The van der Waals surface area contributed by atoms with E-state index in [1.807, 2.05) is 12.3 Å². The van der Waals surface area contributed by atoms with E-state index in [1.165, 1.54) is 10.6 Å². The second-order valence-corrected chi connectivity index (χ2v) is 10.2. The summed E-state index contributed by atoms with van der Waals surface area (Å²) in [6.45, 7) is 0.564. The first-order valence-corrected chi connectivity index (χ1v) is 12.4. The van der Waals surface area contributed by atoms with Gasteiger partial charge in [0.15, 0.2) is 0 Å². The number of nitrogens with zero attached hydrogens (tertiary/aromatic N) is 6. The van der Waals surface area contributed by atoms with Crippen molar-refractivity contribution < 1.29 is 13.5 Å². The molecule has 0 saturated carbocycles. The molecule has 1 fully saturated rings. The standard InChI is InChI=1S/C23H23N7O3S/c24-8-4-21(30-14-17(13-28-30)22-20-5-9-25-23(20)27-15-26-22)16-2-1-3-19(12-16)34(32,33)29-10-6-18(31)7-11-29/h1-3,5,9,12-15,18,21,31H,4,6-7,10-11H2,(H,25,26,27). The highest BCUT2D eigenvalue weighted by Crippen LogP contribution is 2.29. The molecule has 0 aliphatic carbocycles. The predicted octanol–water partition coefficient (Wildman–Crippen LogP) is 2.47. The lowest BCUT2D eigenvalue weighted by Crippen LogP contribution is -2.40. The van der Waals surface area contributed by atoms with Crippen molar-refractivity contribution in [1.82, 2.24) is 29.0 Å². The summed E-state index contributed by atoms with van der Waals surface area (Å²) in [7, 11) is -3.71. The van der Waals surface area contributed by atoms with E-state index in [0.717, 1.165) is 22.3 Å². The Hall–Kier alpha value is -3.59. The van der Waals surface area contributed by atoms with Crippen LogP contribution in [0.4, 0.5) is 0 Å². The van der Waals surface area contributed by atoms with E-state index in [9.17, 15) is 18.8 Å². The van der Waals surface area contributed by atoms with Gasteiger partial charge in [0.2, 0.25) is 10.0 Å². The van der Waals surface area contributed by atoms with Crippen LogP contribution in [-0.4, -0.2) is 61.8 Å². The van der Waals surface area contributed by atoms with Gasteiger partial charge in [-0.2, -0.15) is 14.7 Å². The Bertz CT molecular complexity index is 1460. The van der Waals surface area contributed by atoms with Crippen molar-refractivity contribution in [2.45, 2.75) is 36.3 Å². The minimum Gasteiger partial charge on any atom is -0.393 e. The summed E-state index contributed by atoms with van der Waals surface area (Å²) in [6.07, 6.45) is 7.25. The molecule has 1 saturated heterocycles. The van der Waals surface area contributed by atoms with Gasteiger partial charge in [-0.3, -0.25) is 4.68 Å². The molecule has 174 valence electrons. The molecule has 0 radical (unpaired) electrons. The summed E-state index contributed by atoms with van der Waals surface area (Å²) >= 11 is 0.